The van der Waals surface area contributed by atoms with Gasteiger partial charge in [0, 0.05) is 10.6 Å². The van der Waals surface area contributed by atoms with Crippen LogP contribution in [0.25, 0.3) is 11.0 Å². The van der Waals surface area contributed by atoms with E-state index in [0.717, 1.165) is 27.9 Å². The predicted molar refractivity (Wildman–Crippen MR) is 110 cm³/mol. The van der Waals surface area contributed by atoms with Gasteiger partial charge in [-0.3, -0.25) is 0 Å². The molecule has 0 saturated heterocycles. The van der Waals surface area contributed by atoms with E-state index in [2.05, 4.69) is 20.5 Å². The molecule has 5 nitrogen and oxygen atoms in total. The van der Waals surface area contributed by atoms with Crippen LogP contribution in [0.4, 0.5) is 5.95 Å². The quantitative estimate of drug-likeness (QED) is 0.357. The molecular weight excluding hydrogens is 360 g/mol. The van der Waals surface area contributed by atoms with E-state index in [9.17, 15) is 0 Å². The van der Waals surface area contributed by atoms with E-state index in [-0.39, 0.29) is 0 Å². The van der Waals surface area contributed by atoms with Crippen molar-refractivity contribution in [2.45, 2.75) is 6.61 Å². The molecule has 4 rings (SSSR count). The Bertz CT molecular complexity index is 1040. The minimum absolute atomic E-state index is 0.457. The largest absolute Gasteiger partial charge is 0.488 e. The van der Waals surface area contributed by atoms with Crippen LogP contribution in [0, 0.1) is 0 Å². The van der Waals surface area contributed by atoms with Crippen molar-refractivity contribution in [1.29, 1.82) is 0 Å². The molecule has 0 atom stereocenters. The summed E-state index contributed by atoms with van der Waals surface area (Å²) in [5.41, 5.74) is 6.69. The second-order valence-electron chi connectivity index (χ2n) is 5.93. The fourth-order valence-electron chi connectivity index (χ4n) is 2.63. The van der Waals surface area contributed by atoms with E-state index < -0.39 is 0 Å². The summed E-state index contributed by atoms with van der Waals surface area (Å²) in [7, 11) is 0. The summed E-state index contributed by atoms with van der Waals surface area (Å²) in [6.07, 6.45) is 1.71. The number of H-pyrrole nitrogens is 1. The standard InChI is InChI=1S/C21H17ClN4O/c22-17-11-9-15(10-12-17)14-27-20-8-4-1-5-16(20)13-23-26-21-24-18-6-2-3-7-19(18)25-21/h1-13H,14H2,(H2,24,25,26)/b23-13+. The molecule has 4 aromatic rings. The van der Waals surface area contributed by atoms with Gasteiger partial charge in [-0.25, -0.2) is 10.4 Å². The van der Waals surface area contributed by atoms with Crippen molar-refractivity contribution < 1.29 is 4.74 Å². The van der Waals surface area contributed by atoms with Crippen LogP contribution >= 0.6 is 11.6 Å². The maximum Gasteiger partial charge on any atom is 0.222 e. The summed E-state index contributed by atoms with van der Waals surface area (Å²) in [6.45, 7) is 0.457. The molecule has 0 radical (unpaired) electrons. The number of aromatic nitrogens is 2. The number of nitrogens with zero attached hydrogens (tertiary/aromatic N) is 2. The van der Waals surface area contributed by atoms with Gasteiger partial charge in [-0.1, -0.05) is 48.0 Å². The number of hydrazone groups is 1. The smallest absolute Gasteiger partial charge is 0.222 e. The molecule has 0 aliphatic rings. The number of halogens is 1. The summed E-state index contributed by atoms with van der Waals surface area (Å²) in [5.74, 6) is 1.34. The molecule has 27 heavy (non-hydrogen) atoms. The molecule has 6 heteroatoms. The normalized spacial score (nSPS) is 11.1. The number of rotatable bonds is 6. The highest BCUT2D eigenvalue weighted by Crippen LogP contribution is 2.19. The molecule has 0 bridgehead atoms. The number of hydrogen-bond donors (Lipinski definition) is 2. The molecule has 1 heterocycles. The van der Waals surface area contributed by atoms with Crippen molar-refractivity contribution in [2.75, 3.05) is 5.43 Å². The van der Waals surface area contributed by atoms with Crippen LogP contribution in [0.15, 0.2) is 77.9 Å². The van der Waals surface area contributed by atoms with Gasteiger partial charge >= 0.3 is 0 Å². The van der Waals surface area contributed by atoms with Gasteiger partial charge in [-0.15, -0.1) is 0 Å². The molecule has 0 saturated carbocycles. The lowest BCUT2D eigenvalue weighted by atomic mass is 10.2. The van der Waals surface area contributed by atoms with Crippen molar-refractivity contribution >= 4 is 34.8 Å². The van der Waals surface area contributed by atoms with E-state index in [0.29, 0.717) is 17.6 Å². The summed E-state index contributed by atoms with van der Waals surface area (Å²) in [6, 6.07) is 23.2. The van der Waals surface area contributed by atoms with E-state index in [1.807, 2.05) is 72.8 Å². The molecule has 0 fully saturated rings. The number of aromatic amines is 1. The second-order valence-corrected chi connectivity index (χ2v) is 6.36. The van der Waals surface area contributed by atoms with Gasteiger partial charge in [-0.05, 0) is 42.0 Å². The van der Waals surface area contributed by atoms with Gasteiger partial charge in [0.1, 0.15) is 12.4 Å². The molecule has 0 aliphatic carbocycles. The van der Waals surface area contributed by atoms with Gasteiger partial charge in [0.2, 0.25) is 5.95 Å². The van der Waals surface area contributed by atoms with Crippen LogP contribution in [0.5, 0.6) is 5.75 Å². The topological polar surface area (TPSA) is 62.3 Å². The Labute approximate surface area is 161 Å². The first-order chi connectivity index (χ1) is 13.3. The molecule has 0 amide bonds. The van der Waals surface area contributed by atoms with Gasteiger partial charge in [-0.2, -0.15) is 5.10 Å². The van der Waals surface area contributed by atoms with Crippen LogP contribution in [0.2, 0.25) is 5.02 Å². The zero-order valence-corrected chi connectivity index (χ0v) is 15.1. The first-order valence-electron chi connectivity index (χ1n) is 8.48. The zero-order chi connectivity index (χ0) is 18.5. The van der Waals surface area contributed by atoms with Crippen molar-refractivity contribution in [3.05, 3.63) is 88.9 Å². The average molecular weight is 377 g/mol. The van der Waals surface area contributed by atoms with Crippen molar-refractivity contribution in [1.82, 2.24) is 9.97 Å². The number of benzene rings is 3. The molecule has 0 unspecified atom stereocenters. The fraction of sp³-hybridized carbons (Fsp3) is 0.0476. The number of hydrogen-bond acceptors (Lipinski definition) is 4. The van der Waals surface area contributed by atoms with E-state index in [1.165, 1.54) is 0 Å². The van der Waals surface area contributed by atoms with Crippen molar-refractivity contribution in [2.24, 2.45) is 5.10 Å². The number of ether oxygens (including phenoxy) is 1. The summed E-state index contributed by atoms with van der Waals surface area (Å²) in [5, 5.41) is 4.98. The Hall–Kier alpha value is -3.31. The Kier molecular flexibility index (Phi) is 5.03. The molecule has 0 aliphatic heterocycles. The second kappa shape index (κ2) is 7.93. The first kappa shape index (κ1) is 17.1. The maximum atomic E-state index is 5.93. The third-order valence-corrected chi connectivity index (χ3v) is 4.24. The maximum absolute atomic E-state index is 5.93. The number of nitrogens with one attached hydrogen (secondary N) is 2. The third-order valence-electron chi connectivity index (χ3n) is 3.99. The number of anilines is 1. The van der Waals surface area contributed by atoms with Crippen LogP contribution in [-0.4, -0.2) is 16.2 Å². The lowest BCUT2D eigenvalue weighted by Gasteiger charge is -2.09. The van der Waals surface area contributed by atoms with Gasteiger partial charge < -0.3 is 9.72 Å². The minimum Gasteiger partial charge on any atom is -0.488 e. The predicted octanol–water partition coefficient (Wildman–Crippen LogP) is 5.24. The summed E-state index contributed by atoms with van der Waals surface area (Å²) >= 11 is 5.91. The van der Waals surface area contributed by atoms with E-state index in [4.69, 9.17) is 16.3 Å². The van der Waals surface area contributed by atoms with Crippen molar-refractivity contribution in [3.63, 3.8) is 0 Å². The molecule has 2 N–H and O–H groups in total. The van der Waals surface area contributed by atoms with Gasteiger partial charge in [0.15, 0.2) is 0 Å². The first-order valence-corrected chi connectivity index (χ1v) is 8.86. The number of para-hydroxylation sites is 3. The van der Waals surface area contributed by atoms with Crippen molar-refractivity contribution in [3.8, 4) is 5.75 Å². The van der Waals surface area contributed by atoms with Gasteiger partial charge in [0.25, 0.3) is 0 Å². The lowest BCUT2D eigenvalue weighted by molar-refractivity contribution is 0.306. The monoisotopic (exact) mass is 376 g/mol. The highest BCUT2D eigenvalue weighted by molar-refractivity contribution is 6.30. The molecule has 3 aromatic carbocycles. The molecular formula is C21H17ClN4O. The SMILES string of the molecule is Clc1ccc(COc2ccccc2/C=N/Nc2nc3ccccc3[nH]2)cc1. The fourth-order valence-corrected chi connectivity index (χ4v) is 2.76. The third kappa shape index (κ3) is 4.27. The molecule has 134 valence electrons. The average Bonchev–Trinajstić information content (AvgIpc) is 3.11. The molecule has 1 aromatic heterocycles. The van der Waals surface area contributed by atoms with Gasteiger partial charge in [0.05, 0.1) is 17.2 Å². The van der Waals surface area contributed by atoms with Crippen LogP contribution in [-0.2, 0) is 6.61 Å². The van der Waals surface area contributed by atoms with E-state index in [1.54, 1.807) is 6.21 Å². The molecule has 0 spiro atoms. The zero-order valence-electron chi connectivity index (χ0n) is 14.4. The Balaban J connectivity index is 1.43. The number of fused-ring (bicyclic) bond motifs is 1. The highest BCUT2D eigenvalue weighted by Gasteiger charge is 2.03. The summed E-state index contributed by atoms with van der Waals surface area (Å²) in [4.78, 5) is 7.60. The Morgan fingerprint density at radius 2 is 1.78 bits per heavy atom. The minimum atomic E-state index is 0.457. The van der Waals surface area contributed by atoms with E-state index >= 15 is 0 Å². The Morgan fingerprint density at radius 1 is 1.00 bits per heavy atom. The van der Waals surface area contributed by atoms with Crippen LogP contribution < -0.4 is 10.2 Å². The number of imidazole rings is 1. The summed E-state index contributed by atoms with van der Waals surface area (Å²) < 4.78 is 5.93. The van der Waals surface area contributed by atoms with Crippen LogP contribution in [0.3, 0.4) is 0 Å². The lowest BCUT2D eigenvalue weighted by Crippen LogP contribution is -1.99. The van der Waals surface area contributed by atoms with Crippen LogP contribution in [0.1, 0.15) is 11.1 Å². The Morgan fingerprint density at radius 3 is 2.63 bits per heavy atom. The highest BCUT2D eigenvalue weighted by atomic mass is 35.5.